The Bertz CT molecular complexity index is 427. The van der Waals surface area contributed by atoms with Gasteiger partial charge in [0, 0.05) is 29.6 Å². The molecule has 2 aromatic rings. The Morgan fingerprint density at radius 3 is 3.06 bits per heavy atom. The van der Waals surface area contributed by atoms with Crippen LogP contribution in [0.25, 0.3) is 0 Å². The number of hydrogen-bond acceptors (Lipinski definition) is 4. The van der Waals surface area contributed by atoms with Crippen molar-refractivity contribution in [2.45, 2.75) is 19.4 Å². The van der Waals surface area contributed by atoms with E-state index in [1.807, 2.05) is 17.6 Å². The summed E-state index contributed by atoms with van der Waals surface area (Å²) >= 11 is 5.10. The van der Waals surface area contributed by atoms with Gasteiger partial charge < -0.3 is 9.73 Å². The highest BCUT2D eigenvalue weighted by molar-refractivity contribution is 9.10. The zero-order chi connectivity index (χ0) is 11.4. The van der Waals surface area contributed by atoms with Crippen LogP contribution in [0, 0.1) is 0 Å². The summed E-state index contributed by atoms with van der Waals surface area (Å²) in [6.45, 7) is 3.02. The zero-order valence-corrected chi connectivity index (χ0v) is 11.3. The predicted octanol–water partition coefficient (Wildman–Crippen LogP) is 3.39. The number of rotatable bonds is 5. The number of hydrogen-bond donors (Lipinski definition) is 1. The molecule has 0 saturated heterocycles. The van der Waals surface area contributed by atoms with E-state index in [1.165, 1.54) is 0 Å². The topological polar surface area (TPSA) is 38.1 Å². The second-order valence-corrected chi connectivity index (χ2v) is 5.09. The van der Waals surface area contributed by atoms with Gasteiger partial charge in [0.1, 0.15) is 0 Å². The van der Waals surface area contributed by atoms with E-state index in [1.54, 1.807) is 17.6 Å². The lowest BCUT2D eigenvalue weighted by Crippen LogP contribution is -2.22. The molecule has 0 aliphatic rings. The number of nitrogens with zero attached hydrogens (tertiary/aromatic N) is 1. The molecular weight excluding hydrogens is 288 g/mol. The fraction of sp³-hybridized carbons (Fsp3) is 0.364. The van der Waals surface area contributed by atoms with Gasteiger partial charge in [0.2, 0.25) is 0 Å². The van der Waals surface area contributed by atoms with E-state index in [0.717, 1.165) is 28.2 Å². The number of halogens is 1. The summed E-state index contributed by atoms with van der Waals surface area (Å²) in [5.74, 6) is 0. The fourth-order valence-corrected chi connectivity index (χ4v) is 2.80. The van der Waals surface area contributed by atoms with Crippen molar-refractivity contribution < 1.29 is 4.42 Å². The van der Waals surface area contributed by atoms with Crippen LogP contribution >= 0.6 is 27.3 Å². The predicted molar refractivity (Wildman–Crippen MR) is 68.6 cm³/mol. The van der Waals surface area contributed by atoms with Gasteiger partial charge in [-0.1, -0.05) is 6.92 Å². The first-order valence-electron chi connectivity index (χ1n) is 5.16. The number of nitrogens with one attached hydrogen (secondary N) is 1. The molecule has 2 aromatic heterocycles. The van der Waals surface area contributed by atoms with Gasteiger partial charge in [-0.3, -0.25) is 0 Å². The number of thiazole rings is 1. The lowest BCUT2D eigenvalue weighted by molar-refractivity contribution is 0.506. The molecule has 2 rings (SSSR count). The molecule has 5 heteroatoms. The first-order valence-corrected chi connectivity index (χ1v) is 6.83. The third kappa shape index (κ3) is 2.72. The van der Waals surface area contributed by atoms with Gasteiger partial charge in [0.05, 0.1) is 11.3 Å². The molecule has 0 aliphatic heterocycles. The first kappa shape index (κ1) is 11.8. The standard InChI is InChI=1S/C11H13BrN2OS/c1-2-13-9(7-10-14-4-6-16-10)8-3-5-15-11(8)12/h3-6,9,13H,2,7H2,1H3. The molecule has 1 N–H and O–H groups in total. The third-order valence-corrected chi connectivity index (χ3v) is 3.78. The van der Waals surface area contributed by atoms with Gasteiger partial charge in [-0.05, 0) is 28.5 Å². The van der Waals surface area contributed by atoms with Gasteiger partial charge in [-0.2, -0.15) is 0 Å². The highest BCUT2D eigenvalue weighted by Gasteiger charge is 2.17. The quantitative estimate of drug-likeness (QED) is 0.920. The fourth-order valence-electron chi connectivity index (χ4n) is 1.62. The average molecular weight is 301 g/mol. The minimum Gasteiger partial charge on any atom is -0.457 e. The van der Waals surface area contributed by atoms with Crippen LogP contribution in [0.5, 0.6) is 0 Å². The Kier molecular flexibility index (Phi) is 4.15. The van der Waals surface area contributed by atoms with E-state index < -0.39 is 0 Å². The molecule has 0 fully saturated rings. The van der Waals surface area contributed by atoms with Crippen molar-refractivity contribution in [2.24, 2.45) is 0 Å². The molecule has 1 unspecified atom stereocenters. The van der Waals surface area contributed by atoms with Crippen LogP contribution in [-0.2, 0) is 6.42 Å². The summed E-state index contributed by atoms with van der Waals surface area (Å²) in [7, 11) is 0. The Hall–Kier alpha value is -0.650. The van der Waals surface area contributed by atoms with Crippen LogP contribution in [0.4, 0.5) is 0 Å². The molecule has 86 valence electrons. The number of aromatic nitrogens is 1. The lowest BCUT2D eigenvalue weighted by atomic mass is 10.1. The SMILES string of the molecule is CCNC(Cc1nccs1)c1ccoc1Br. The van der Waals surface area contributed by atoms with Crippen molar-refractivity contribution in [2.75, 3.05) is 6.54 Å². The Morgan fingerprint density at radius 2 is 2.50 bits per heavy atom. The van der Waals surface area contributed by atoms with Crippen LogP contribution in [0.2, 0.25) is 0 Å². The summed E-state index contributed by atoms with van der Waals surface area (Å²) in [6, 6.07) is 2.25. The lowest BCUT2D eigenvalue weighted by Gasteiger charge is -2.15. The van der Waals surface area contributed by atoms with Crippen molar-refractivity contribution in [1.29, 1.82) is 0 Å². The highest BCUT2D eigenvalue weighted by Crippen LogP contribution is 2.27. The van der Waals surface area contributed by atoms with Crippen molar-refractivity contribution >= 4 is 27.3 Å². The van der Waals surface area contributed by atoms with Crippen LogP contribution in [-0.4, -0.2) is 11.5 Å². The molecule has 0 radical (unpaired) electrons. The Labute approximate surface area is 107 Å². The first-order chi connectivity index (χ1) is 7.81. The van der Waals surface area contributed by atoms with E-state index in [0.29, 0.717) is 0 Å². The van der Waals surface area contributed by atoms with Crippen LogP contribution in [0.1, 0.15) is 23.5 Å². The van der Waals surface area contributed by atoms with Gasteiger partial charge in [0.15, 0.2) is 4.67 Å². The van der Waals surface area contributed by atoms with Crippen molar-refractivity contribution in [3.05, 3.63) is 39.1 Å². The van der Waals surface area contributed by atoms with Gasteiger partial charge in [0.25, 0.3) is 0 Å². The Balaban J connectivity index is 2.14. The summed E-state index contributed by atoms with van der Waals surface area (Å²) in [4.78, 5) is 4.31. The molecule has 0 bridgehead atoms. The van der Waals surface area contributed by atoms with Gasteiger partial charge >= 0.3 is 0 Å². The molecule has 2 heterocycles. The molecule has 0 saturated carbocycles. The second-order valence-electron chi connectivity index (χ2n) is 3.39. The monoisotopic (exact) mass is 300 g/mol. The molecule has 3 nitrogen and oxygen atoms in total. The minimum atomic E-state index is 0.254. The maximum atomic E-state index is 5.27. The molecular formula is C11H13BrN2OS. The Morgan fingerprint density at radius 1 is 1.62 bits per heavy atom. The summed E-state index contributed by atoms with van der Waals surface area (Å²) < 4.78 is 6.07. The number of likely N-dealkylation sites (N-methyl/N-ethyl adjacent to an activating group) is 1. The van der Waals surface area contributed by atoms with Crippen molar-refractivity contribution in [3.63, 3.8) is 0 Å². The van der Waals surface area contributed by atoms with E-state index in [2.05, 4.69) is 33.2 Å². The molecule has 0 aromatic carbocycles. The van der Waals surface area contributed by atoms with E-state index in [-0.39, 0.29) is 6.04 Å². The second kappa shape index (κ2) is 5.61. The van der Waals surface area contributed by atoms with Gasteiger partial charge in [-0.15, -0.1) is 11.3 Å². The molecule has 0 aliphatic carbocycles. The minimum absolute atomic E-state index is 0.254. The van der Waals surface area contributed by atoms with Crippen LogP contribution in [0.15, 0.2) is 33.0 Å². The van der Waals surface area contributed by atoms with Crippen molar-refractivity contribution in [3.8, 4) is 0 Å². The highest BCUT2D eigenvalue weighted by atomic mass is 79.9. The number of furan rings is 1. The van der Waals surface area contributed by atoms with Gasteiger partial charge in [-0.25, -0.2) is 4.98 Å². The summed E-state index contributed by atoms with van der Waals surface area (Å²) in [6.07, 6.45) is 4.43. The normalized spacial score (nSPS) is 12.9. The van der Waals surface area contributed by atoms with Crippen molar-refractivity contribution in [1.82, 2.24) is 10.3 Å². The molecule has 0 spiro atoms. The zero-order valence-electron chi connectivity index (χ0n) is 8.94. The van der Waals surface area contributed by atoms with Crippen LogP contribution in [0.3, 0.4) is 0 Å². The molecule has 1 atom stereocenters. The van der Waals surface area contributed by atoms with E-state index >= 15 is 0 Å². The third-order valence-electron chi connectivity index (χ3n) is 2.33. The molecule has 16 heavy (non-hydrogen) atoms. The van der Waals surface area contributed by atoms with E-state index in [4.69, 9.17) is 4.42 Å². The summed E-state index contributed by atoms with van der Waals surface area (Å²) in [5, 5.41) is 6.58. The maximum Gasteiger partial charge on any atom is 0.173 e. The molecule has 0 amide bonds. The average Bonchev–Trinajstić information content (AvgIpc) is 2.88. The van der Waals surface area contributed by atoms with E-state index in [9.17, 15) is 0 Å². The summed E-state index contributed by atoms with van der Waals surface area (Å²) in [5.41, 5.74) is 1.15. The van der Waals surface area contributed by atoms with Crippen LogP contribution < -0.4 is 5.32 Å². The maximum absolute atomic E-state index is 5.27. The smallest absolute Gasteiger partial charge is 0.173 e. The largest absolute Gasteiger partial charge is 0.457 e.